The first-order valence-electron chi connectivity index (χ1n) is 8.97. The number of hydrogen-bond donors (Lipinski definition) is 1. The van der Waals surface area contributed by atoms with Crippen molar-refractivity contribution in [2.24, 2.45) is 0 Å². The van der Waals surface area contributed by atoms with E-state index in [-0.39, 0.29) is 11.4 Å². The highest BCUT2D eigenvalue weighted by Gasteiger charge is 2.22. The monoisotopic (exact) mass is 448 g/mol. The van der Waals surface area contributed by atoms with Crippen molar-refractivity contribution in [3.05, 3.63) is 59.1 Å². The molecule has 0 radical (unpaired) electrons. The minimum Gasteiger partial charge on any atom is -0.493 e. The average Bonchev–Trinajstić information content (AvgIpc) is 3.25. The van der Waals surface area contributed by atoms with Crippen molar-refractivity contribution in [3.63, 3.8) is 0 Å². The first kappa shape index (κ1) is 22.2. The van der Waals surface area contributed by atoms with Gasteiger partial charge in [0.25, 0.3) is 5.91 Å². The maximum absolute atomic E-state index is 13.7. The van der Waals surface area contributed by atoms with Crippen LogP contribution in [0.1, 0.15) is 17.4 Å². The van der Waals surface area contributed by atoms with Gasteiger partial charge < -0.3 is 19.5 Å². The molecule has 0 saturated carbocycles. The number of anilines is 1. The van der Waals surface area contributed by atoms with E-state index in [4.69, 9.17) is 14.2 Å². The smallest absolute Gasteiger partial charge is 0.358 e. The second-order valence-corrected chi connectivity index (χ2v) is 7.13. The molecular weight excluding hydrogens is 430 g/mol. The molecule has 0 aliphatic carbocycles. The number of thiazole rings is 1. The van der Waals surface area contributed by atoms with E-state index in [1.165, 1.54) is 37.9 Å². The lowest BCUT2D eigenvalue weighted by Crippen LogP contribution is -2.30. The molecule has 3 aromatic rings. The Morgan fingerprint density at radius 3 is 2.48 bits per heavy atom. The van der Waals surface area contributed by atoms with Gasteiger partial charge in [0.2, 0.25) is 0 Å². The van der Waals surface area contributed by atoms with Gasteiger partial charge in [0, 0.05) is 17.0 Å². The Morgan fingerprint density at radius 2 is 1.81 bits per heavy atom. The number of aromatic nitrogens is 1. The number of halogens is 2. The summed E-state index contributed by atoms with van der Waals surface area (Å²) in [5.74, 6) is -2.23. The highest BCUT2D eigenvalue weighted by molar-refractivity contribution is 7.13. The second kappa shape index (κ2) is 9.52. The molecule has 1 N–H and O–H groups in total. The van der Waals surface area contributed by atoms with Crippen molar-refractivity contribution in [2.75, 3.05) is 19.5 Å². The molecule has 10 heteroatoms. The summed E-state index contributed by atoms with van der Waals surface area (Å²) in [6.45, 7) is 1.33. The van der Waals surface area contributed by atoms with Gasteiger partial charge in [0.05, 0.1) is 19.9 Å². The summed E-state index contributed by atoms with van der Waals surface area (Å²) in [5.41, 5.74) is 0.500. The quantitative estimate of drug-likeness (QED) is 0.543. The van der Waals surface area contributed by atoms with E-state index in [1.54, 1.807) is 18.2 Å². The topological polar surface area (TPSA) is 86.8 Å². The van der Waals surface area contributed by atoms with Crippen molar-refractivity contribution in [3.8, 4) is 22.1 Å². The SMILES string of the molecule is COc1ccc(-c2nc(C(=O)OC(C)C(=O)Nc3ccc(F)cc3F)cs2)cc1OC. The second-order valence-electron chi connectivity index (χ2n) is 6.27. The Hall–Kier alpha value is -3.53. The fraction of sp³-hybridized carbons (Fsp3) is 0.190. The van der Waals surface area contributed by atoms with Crippen LogP contribution in [-0.2, 0) is 9.53 Å². The molecule has 1 aromatic heterocycles. The maximum Gasteiger partial charge on any atom is 0.358 e. The molecule has 0 spiro atoms. The zero-order chi connectivity index (χ0) is 22.5. The van der Waals surface area contributed by atoms with Crippen LogP contribution in [0.4, 0.5) is 14.5 Å². The summed E-state index contributed by atoms with van der Waals surface area (Å²) in [6.07, 6.45) is -1.23. The number of methoxy groups -OCH3 is 2. The molecular formula is C21H18F2N2O5S. The summed E-state index contributed by atoms with van der Waals surface area (Å²) < 4.78 is 42.2. The third-order valence-corrected chi connectivity index (χ3v) is 5.08. The van der Waals surface area contributed by atoms with Crippen LogP contribution in [0.3, 0.4) is 0 Å². The average molecular weight is 448 g/mol. The van der Waals surface area contributed by atoms with Crippen molar-refractivity contribution >= 4 is 28.9 Å². The normalized spacial score (nSPS) is 11.5. The van der Waals surface area contributed by atoms with Gasteiger partial charge in [0.1, 0.15) is 16.6 Å². The molecule has 0 aliphatic heterocycles. The molecule has 1 atom stereocenters. The Labute approximate surface area is 180 Å². The Bertz CT molecular complexity index is 1120. The summed E-state index contributed by atoms with van der Waals surface area (Å²) >= 11 is 1.21. The summed E-state index contributed by atoms with van der Waals surface area (Å²) in [4.78, 5) is 28.8. The molecule has 7 nitrogen and oxygen atoms in total. The van der Waals surface area contributed by atoms with Crippen LogP contribution in [-0.4, -0.2) is 37.2 Å². The third-order valence-electron chi connectivity index (χ3n) is 4.19. The predicted molar refractivity (Wildman–Crippen MR) is 111 cm³/mol. The number of hydrogen-bond acceptors (Lipinski definition) is 7. The minimum absolute atomic E-state index is 0.0161. The zero-order valence-electron chi connectivity index (χ0n) is 16.8. The third kappa shape index (κ3) is 5.15. The van der Waals surface area contributed by atoms with E-state index in [1.807, 2.05) is 0 Å². The van der Waals surface area contributed by atoms with Crippen LogP contribution in [0.2, 0.25) is 0 Å². The maximum atomic E-state index is 13.7. The molecule has 0 saturated heterocycles. The Balaban J connectivity index is 1.67. The van der Waals surface area contributed by atoms with E-state index in [9.17, 15) is 18.4 Å². The summed E-state index contributed by atoms with van der Waals surface area (Å²) in [5, 5.41) is 4.29. The van der Waals surface area contributed by atoms with Crippen LogP contribution in [0.5, 0.6) is 11.5 Å². The lowest BCUT2D eigenvalue weighted by atomic mass is 10.2. The molecule has 2 aromatic carbocycles. The molecule has 0 fully saturated rings. The first-order valence-corrected chi connectivity index (χ1v) is 9.85. The minimum atomic E-state index is -1.23. The number of nitrogens with one attached hydrogen (secondary N) is 1. The van der Waals surface area contributed by atoms with Crippen LogP contribution < -0.4 is 14.8 Å². The van der Waals surface area contributed by atoms with E-state index in [0.717, 1.165) is 12.1 Å². The van der Waals surface area contributed by atoms with Gasteiger partial charge >= 0.3 is 5.97 Å². The molecule has 1 unspecified atom stereocenters. The number of esters is 1. The summed E-state index contributed by atoms with van der Waals surface area (Å²) in [7, 11) is 3.04. The van der Waals surface area contributed by atoms with Gasteiger partial charge in [-0.2, -0.15) is 0 Å². The van der Waals surface area contributed by atoms with Crippen molar-refractivity contribution in [2.45, 2.75) is 13.0 Å². The first-order chi connectivity index (χ1) is 14.8. The lowest BCUT2D eigenvalue weighted by molar-refractivity contribution is -0.123. The van der Waals surface area contributed by atoms with Gasteiger partial charge in [-0.3, -0.25) is 4.79 Å². The highest BCUT2D eigenvalue weighted by Crippen LogP contribution is 2.33. The van der Waals surface area contributed by atoms with Crippen LogP contribution in [0.25, 0.3) is 10.6 Å². The van der Waals surface area contributed by atoms with E-state index < -0.39 is 29.6 Å². The number of carbonyl (C=O) groups excluding carboxylic acids is 2. The van der Waals surface area contributed by atoms with Gasteiger partial charge in [-0.05, 0) is 37.3 Å². The van der Waals surface area contributed by atoms with E-state index in [0.29, 0.717) is 28.1 Å². The molecule has 1 heterocycles. The van der Waals surface area contributed by atoms with Crippen LogP contribution in [0.15, 0.2) is 41.8 Å². The number of carbonyl (C=O) groups is 2. The largest absolute Gasteiger partial charge is 0.493 e. The molecule has 3 rings (SSSR count). The fourth-order valence-corrected chi connectivity index (χ4v) is 3.36. The van der Waals surface area contributed by atoms with Gasteiger partial charge in [0.15, 0.2) is 23.3 Å². The van der Waals surface area contributed by atoms with Gasteiger partial charge in [-0.25, -0.2) is 18.6 Å². The molecule has 31 heavy (non-hydrogen) atoms. The number of amides is 1. The summed E-state index contributed by atoms with van der Waals surface area (Å²) in [6, 6.07) is 7.92. The van der Waals surface area contributed by atoms with E-state index in [2.05, 4.69) is 10.3 Å². The standard InChI is InChI=1S/C21H18F2N2O5S/c1-11(19(26)24-15-6-5-13(22)9-14(15)23)30-21(27)16-10-31-20(25-16)12-4-7-17(28-2)18(8-12)29-3/h4-11H,1-3H3,(H,24,26). The number of rotatable bonds is 7. The molecule has 0 bridgehead atoms. The number of ether oxygens (including phenoxy) is 3. The number of benzene rings is 2. The van der Waals surface area contributed by atoms with Crippen molar-refractivity contribution in [1.29, 1.82) is 0 Å². The van der Waals surface area contributed by atoms with Gasteiger partial charge in [-0.1, -0.05) is 0 Å². The molecule has 0 aliphatic rings. The zero-order valence-corrected chi connectivity index (χ0v) is 17.6. The van der Waals surface area contributed by atoms with E-state index >= 15 is 0 Å². The molecule has 162 valence electrons. The van der Waals surface area contributed by atoms with Gasteiger partial charge in [-0.15, -0.1) is 11.3 Å². The Kier molecular flexibility index (Phi) is 6.81. The van der Waals surface area contributed by atoms with Crippen molar-refractivity contribution < 1.29 is 32.6 Å². The number of nitrogens with zero attached hydrogens (tertiary/aromatic N) is 1. The lowest BCUT2D eigenvalue weighted by Gasteiger charge is -2.13. The predicted octanol–water partition coefficient (Wildman–Crippen LogP) is 4.29. The molecule has 1 amide bonds. The fourth-order valence-electron chi connectivity index (χ4n) is 2.57. The Morgan fingerprint density at radius 1 is 1.06 bits per heavy atom. The van der Waals surface area contributed by atoms with Crippen LogP contribution in [0, 0.1) is 11.6 Å². The highest BCUT2D eigenvalue weighted by atomic mass is 32.1. The van der Waals surface area contributed by atoms with Crippen LogP contribution >= 0.6 is 11.3 Å². The van der Waals surface area contributed by atoms with Crippen molar-refractivity contribution in [1.82, 2.24) is 4.98 Å².